The monoisotopic (exact) mass is 472 g/mol. The minimum absolute atomic E-state index is 0.242. The van der Waals surface area contributed by atoms with Crippen LogP contribution in [0, 0.1) is 6.92 Å². The van der Waals surface area contributed by atoms with Crippen molar-refractivity contribution in [3.63, 3.8) is 0 Å². The highest BCUT2D eigenvalue weighted by atomic mass is 35.5. The van der Waals surface area contributed by atoms with Crippen LogP contribution in [0.15, 0.2) is 42.5 Å². The molecule has 2 fully saturated rings. The summed E-state index contributed by atoms with van der Waals surface area (Å²) in [5.74, 6) is 1.56. The number of β-amino-alcohol motifs (C(OH)–C–C–N with tert-alkyl or cyclic N) is 1. The first-order valence-electron chi connectivity index (χ1n) is 12.3. The van der Waals surface area contributed by atoms with E-state index in [0.717, 1.165) is 50.4 Å². The number of hydrogen-bond donors (Lipinski definition) is 1. The molecule has 2 aromatic carbocycles. The van der Waals surface area contributed by atoms with E-state index in [4.69, 9.17) is 21.1 Å². The maximum Gasteiger partial charge on any atom is 0.138 e. The zero-order valence-corrected chi connectivity index (χ0v) is 20.5. The van der Waals surface area contributed by atoms with Gasteiger partial charge in [0.2, 0.25) is 0 Å². The van der Waals surface area contributed by atoms with Gasteiger partial charge in [-0.25, -0.2) is 0 Å². The molecule has 2 aromatic rings. The molecule has 4 rings (SSSR count). The van der Waals surface area contributed by atoms with E-state index >= 15 is 0 Å². The second-order valence-electron chi connectivity index (χ2n) is 9.66. The first-order chi connectivity index (χ1) is 16.0. The third kappa shape index (κ3) is 7.35. The van der Waals surface area contributed by atoms with E-state index in [1.54, 1.807) is 0 Å². The summed E-state index contributed by atoms with van der Waals surface area (Å²) in [7, 11) is 0. The van der Waals surface area contributed by atoms with Crippen LogP contribution >= 0.6 is 11.6 Å². The molecule has 2 aliphatic heterocycles. The molecule has 180 valence electrons. The molecule has 0 radical (unpaired) electrons. The Morgan fingerprint density at radius 3 is 2.64 bits per heavy atom. The summed E-state index contributed by atoms with van der Waals surface area (Å²) in [6.07, 6.45) is 5.64. The van der Waals surface area contributed by atoms with Crippen molar-refractivity contribution in [2.24, 2.45) is 0 Å². The summed E-state index contributed by atoms with van der Waals surface area (Å²) < 4.78 is 12.0. The molecule has 2 heterocycles. The van der Waals surface area contributed by atoms with E-state index in [9.17, 15) is 5.11 Å². The van der Waals surface area contributed by atoms with Gasteiger partial charge in [0.15, 0.2) is 0 Å². The maximum atomic E-state index is 11.2. The van der Waals surface area contributed by atoms with Crippen LogP contribution in [0.3, 0.4) is 0 Å². The van der Waals surface area contributed by atoms with Gasteiger partial charge in [0, 0.05) is 19.6 Å². The van der Waals surface area contributed by atoms with E-state index in [1.807, 2.05) is 31.2 Å². The van der Waals surface area contributed by atoms with Crippen molar-refractivity contribution in [2.45, 2.75) is 51.2 Å². The van der Waals surface area contributed by atoms with Crippen molar-refractivity contribution in [3.8, 4) is 11.5 Å². The number of piperidine rings is 2. The molecule has 1 N–H and O–H groups in total. The Morgan fingerprint density at radius 1 is 0.970 bits per heavy atom. The third-order valence-electron chi connectivity index (χ3n) is 6.65. The summed E-state index contributed by atoms with van der Waals surface area (Å²) in [5.41, 5.74) is 1.41. The van der Waals surface area contributed by atoms with Crippen LogP contribution in [0.1, 0.15) is 43.2 Å². The number of nitrogens with zero attached hydrogens (tertiary/aromatic N) is 2. The summed E-state index contributed by atoms with van der Waals surface area (Å²) >= 11 is 6.26. The van der Waals surface area contributed by atoms with E-state index in [2.05, 4.69) is 28.0 Å². The Balaban J connectivity index is 1.27. The molecular formula is C27H37ClN2O3. The number of likely N-dealkylation sites (tertiary alicyclic amines) is 2. The van der Waals surface area contributed by atoms with E-state index in [0.29, 0.717) is 17.3 Å². The minimum atomic E-state index is -0.881. The Hall–Kier alpha value is -1.79. The van der Waals surface area contributed by atoms with Crippen molar-refractivity contribution in [1.29, 1.82) is 0 Å². The Kier molecular flexibility index (Phi) is 8.53. The maximum absolute atomic E-state index is 11.2. The van der Waals surface area contributed by atoms with E-state index in [1.165, 1.54) is 37.9 Å². The van der Waals surface area contributed by atoms with Gasteiger partial charge < -0.3 is 14.6 Å². The SMILES string of the molecule is Cc1ccc(Cl)c(OCC2(O)CCCN(Cc3cccc(OCCN4CCCCC4)c3)C2)c1. The molecule has 6 heteroatoms. The summed E-state index contributed by atoms with van der Waals surface area (Å²) in [6, 6.07) is 14.1. The molecule has 1 atom stereocenters. The number of aliphatic hydroxyl groups is 1. The Labute approximate surface area is 203 Å². The predicted octanol–water partition coefficient (Wildman–Crippen LogP) is 4.92. The summed E-state index contributed by atoms with van der Waals surface area (Å²) in [6.45, 7) is 8.70. The van der Waals surface area contributed by atoms with Gasteiger partial charge in [-0.1, -0.05) is 36.2 Å². The lowest BCUT2D eigenvalue weighted by Crippen LogP contribution is -2.51. The van der Waals surface area contributed by atoms with Gasteiger partial charge in [-0.2, -0.15) is 0 Å². The number of aryl methyl sites for hydroxylation is 1. The van der Waals surface area contributed by atoms with Gasteiger partial charge in [-0.15, -0.1) is 0 Å². The van der Waals surface area contributed by atoms with Crippen LogP contribution in [-0.4, -0.2) is 66.4 Å². The number of benzene rings is 2. The first kappa shape index (κ1) is 24.3. The minimum Gasteiger partial charge on any atom is -0.492 e. The highest BCUT2D eigenvalue weighted by molar-refractivity contribution is 6.32. The Bertz CT molecular complexity index is 903. The van der Waals surface area contributed by atoms with E-state index in [-0.39, 0.29) is 6.61 Å². The fraction of sp³-hybridized carbons (Fsp3) is 0.556. The smallest absolute Gasteiger partial charge is 0.138 e. The van der Waals surface area contributed by atoms with Crippen molar-refractivity contribution in [1.82, 2.24) is 9.80 Å². The van der Waals surface area contributed by atoms with Gasteiger partial charge in [-0.3, -0.25) is 9.80 Å². The molecular weight excluding hydrogens is 436 g/mol. The lowest BCUT2D eigenvalue weighted by molar-refractivity contribution is -0.0621. The summed E-state index contributed by atoms with van der Waals surface area (Å²) in [4.78, 5) is 4.80. The molecule has 2 saturated heterocycles. The predicted molar refractivity (Wildman–Crippen MR) is 133 cm³/mol. The number of halogens is 1. The summed E-state index contributed by atoms with van der Waals surface area (Å²) in [5, 5.41) is 11.8. The molecule has 1 unspecified atom stereocenters. The average Bonchev–Trinajstić information content (AvgIpc) is 2.81. The number of ether oxygens (including phenoxy) is 2. The number of hydrogen-bond acceptors (Lipinski definition) is 5. The van der Waals surface area contributed by atoms with Crippen LogP contribution < -0.4 is 9.47 Å². The fourth-order valence-electron chi connectivity index (χ4n) is 4.86. The van der Waals surface area contributed by atoms with Crippen LogP contribution in [0.5, 0.6) is 11.5 Å². The highest BCUT2D eigenvalue weighted by Gasteiger charge is 2.34. The zero-order chi connectivity index (χ0) is 23.1. The van der Waals surface area contributed by atoms with Gasteiger partial charge in [0.1, 0.15) is 30.3 Å². The third-order valence-corrected chi connectivity index (χ3v) is 6.96. The highest BCUT2D eigenvalue weighted by Crippen LogP contribution is 2.29. The molecule has 0 spiro atoms. The topological polar surface area (TPSA) is 45.2 Å². The second-order valence-corrected chi connectivity index (χ2v) is 10.1. The molecule has 0 aliphatic carbocycles. The standard InChI is InChI=1S/C27H37ClN2O3/c1-22-9-10-25(28)26(17-22)33-21-27(31)11-6-14-30(20-27)19-23-7-5-8-24(18-23)32-16-15-29-12-3-2-4-13-29/h5,7-10,17-18,31H,2-4,6,11-16,19-21H2,1H3. The Morgan fingerprint density at radius 2 is 1.79 bits per heavy atom. The molecule has 5 nitrogen and oxygen atoms in total. The molecule has 0 amide bonds. The molecule has 0 bridgehead atoms. The average molecular weight is 473 g/mol. The van der Waals surface area contributed by atoms with Crippen LogP contribution in [0.25, 0.3) is 0 Å². The van der Waals surface area contributed by atoms with Crippen LogP contribution in [-0.2, 0) is 6.54 Å². The zero-order valence-electron chi connectivity index (χ0n) is 19.8. The van der Waals surface area contributed by atoms with Gasteiger partial charge in [-0.05, 0) is 87.6 Å². The van der Waals surface area contributed by atoms with Crippen molar-refractivity contribution in [2.75, 3.05) is 45.9 Å². The van der Waals surface area contributed by atoms with Gasteiger partial charge in [0.05, 0.1) is 5.02 Å². The number of rotatable bonds is 9. The largest absolute Gasteiger partial charge is 0.492 e. The van der Waals surface area contributed by atoms with Gasteiger partial charge >= 0.3 is 0 Å². The molecule has 0 saturated carbocycles. The lowest BCUT2D eigenvalue weighted by Gasteiger charge is -2.39. The van der Waals surface area contributed by atoms with Crippen LogP contribution in [0.2, 0.25) is 5.02 Å². The quantitative estimate of drug-likeness (QED) is 0.561. The molecule has 0 aromatic heterocycles. The fourth-order valence-corrected chi connectivity index (χ4v) is 5.03. The van der Waals surface area contributed by atoms with Crippen molar-refractivity contribution < 1.29 is 14.6 Å². The molecule has 2 aliphatic rings. The van der Waals surface area contributed by atoms with Crippen molar-refractivity contribution in [3.05, 3.63) is 58.6 Å². The normalized spacial score (nSPS) is 22.3. The van der Waals surface area contributed by atoms with E-state index < -0.39 is 5.60 Å². The van der Waals surface area contributed by atoms with Gasteiger partial charge in [0.25, 0.3) is 0 Å². The lowest BCUT2D eigenvalue weighted by atomic mass is 9.93. The van der Waals surface area contributed by atoms with Crippen LogP contribution in [0.4, 0.5) is 0 Å². The second kappa shape index (κ2) is 11.6. The van der Waals surface area contributed by atoms with Crippen molar-refractivity contribution >= 4 is 11.6 Å². The first-order valence-corrected chi connectivity index (χ1v) is 12.6. The molecule has 33 heavy (non-hydrogen) atoms.